The topological polar surface area (TPSA) is 79.0 Å². The van der Waals surface area contributed by atoms with Gasteiger partial charge in [0, 0.05) is 12.1 Å². The third-order valence-electron chi connectivity index (χ3n) is 5.41. The Kier molecular flexibility index (Phi) is 6.67. The second-order valence-electron chi connectivity index (χ2n) is 7.51. The van der Waals surface area contributed by atoms with E-state index >= 15 is 0 Å². The summed E-state index contributed by atoms with van der Waals surface area (Å²) in [6, 6.07) is 4.29. The molecule has 7 nitrogen and oxygen atoms in total. The van der Waals surface area contributed by atoms with Crippen LogP contribution < -0.4 is 15.0 Å². The van der Waals surface area contributed by atoms with Crippen molar-refractivity contribution in [2.45, 2.75) is 45.6 Å². The van der Waals surface area contributed by atoms with Crippen molar-refractivity contribution in [1.82, 2.24) is 10.2 Å². The molecule has 2 aliphatic rings. The Bertz CT molecular complexity index is 743. The first-order valence-corrected chi connectivity index (χ1v) is 10.1. The van der Waals surface area contributed by atoms with Crippen molar-refractivity contribution in [1.29, 1.82) is 0 Å². The number of anilines is 1. The van der Waals surface area contributed by atoms with Crippen molar-refractivity contribution in [2.24, 2.45) is 0 Å². The number of nitrogens with one attached hydrogen (secondary N) is 1. The smallest absolute Gasteiger partial charge is 0.265 e. The van der Waals surface area contributed by atoms with E-state index in [4.69, 9.17) is 4.74 Å². The number of hydrogen-bond acceptors (Lipinski definition) is 5. The number of unbranched alkanes of at least 4 members (excludes halogenated alkanes) is 1. The zero-order valence-corrected chi connectivity index (χ0v) is 16.7. The molecule has 0 aromatic heterocycles. The summed E-state index contributed by atoms with van der Waals surface area (Å²) in [5.74, 6) is -0.0776. The van der Waals surface area contributed by atoms with E-state index in [1.54, 1.807) is 25.1 Å². The van der Waals surface area contributed by atoms with Crippen molar-refractivity contribution < 1.29 is 19.1 Å². The monoisotopic (exact) mass is 387 g/mol. The number of ketones is 1. The molecule has 1 aromatic carbocycles. The van der Waals surface area contributed by atoms with Crippen LogP contribution in [0.5, 0.6) is 5.75 Å². The van der Waals surface area contributed by atoms with Gasteiger partial charge in [-0.25, -0.2) is 0 Å². The van der Waals surface area contributed by atoms with Gasteiger partial charge >= 0.3 is 0 Å². The zero-order valence-electron chi connectivity index (χ0n) is 16.7. The first-order chi connectivity index (χ1) is 13.5. The van der Waals surface area contributed by atoms with Crippen molar-refractivity contribution in [3.63, 3.8) is 0 Å². The number of carbonyl (C=O) groups excluding carboxylic acids is 3. The second kappa shape index (κ2) is 9.19. The van der Waals surface area contributed by atoms with Crippen LogP contribution >= 0.6 is 0 Å². The molecule has 28 heavy (non-hydrogen) atoms. The van der Waals surface area contributed by atoms with Crippen LogP contribution in [0.2, 0.25) is 0 Å². The predicted molar refractivity (Wildman–Crippen MR) is 107 cm³/mol. The largest absolute Gasteiger partial charge is 0.482 e. The van der Waals surface area contributed by atoms with E-state index in [-0.39, 0.29) is 24.2 Å². The highest BCUT2D eigenvalue weighted by Gasteiger charge is 2.33. The van der Waals surface area contributed by atoms with Gasteiger partial charge in [-0.3, -0.25) is 19.3 Å². The van der Waals surface area contributed by atoms with E-state index in [0.717, 1.165) is 19.4 Å². The molecule has 1 atom stereocenters. The molecule has 7 heteroatoms. The standard InChI is InChI=1S/C21H29N3O4/c1-15(21(27)22-9-3-4-10-23-11-5-6-12-23)24-18-13-17(16(2)25)7-8-19(18)28-14-20(24)26/h7-8,13,15H,3-6,9-12,14H2,1-2H3,(H,22,27). The van der Waals surface area contributed by atoms with Crippen molar-refractivity contribution in [3.8, 4) is 5.75 Å². The molecule has 152 valence electrons. The Balaban J connectivity index is 1.57. The summed E-state index contributed by atoms with van der Waals surface area (Å²) in [4.78, 5) is 40.6. The number of benzene rings is 1. The molecular weight excluding hydrogens is 358 g/mol. The van der Waals surface area contributed by atoms with E-state index in [2.05, 4.69) is 10.2 Å². The Hall–Kier alpha value is -2.41. The maximum absolute atomic E-state index is 12.6. The summed E-state index contributed by atoms with van der Waals surface area (Å²) in [6.45, 7) is 7.10. The van der Waals surface area contributed by atoms with Gasteiger partial charge in [-0.2, -0.15) is 0 Å². The van der Waals surface area contributed by atoms with Gasteiger partial charge in [-0.05, 0) is 77.4 Å². The molecule has 2 amide bonds. The summed E-state index contributed by atoms with van der Waals surface area (Å²) in [5, 5.41) is 2.93. The fourth-order valence-corrected chi connectivity index (χ4v) is 3.76. The number of nitrogens with zero attached hydrogens (tertiary/aromatic N) is 2. The molecule has 0 radical (unpaired) electrons. The van der Waals surface area contributed by atoms with Crippen LogP contribution in [0.15, 0.2) is 18.2 Å². The quantitative estimate of drug-likeness (QED) is 0.545. The second-order valence-corrected chi connectivity index (χ2v) is 7.51. The third kappa shape index (κ3) is 4.70. The normalized spacial score (nSPS) is 17.8. The molecule has 1 aromatic rings. The molecular formula is C21H29N3O4. The molecule has 2 aliphatic heterocycles. The molecule has 1 N–H and O–H groups in total. The minimum atomic E-state index is -0.670. The third-order valence-corrected chi connectivity index (χ3v) is 5.41. The Morgan fingerprint density at radius 3 is 2.68 bits per heavy atom. The van der Waals surface area contributed by atoms with Gasteiger partial charge in [0.15, 0.2) is 12.4 Å². The van der Waals surface area contributed by atoms with Crippen LogP contribution in [0.3, 0.4) is 0 Å². The Morgan fingerprint density at radius 1 is 1.21 bits per heavy atom. The van der Waals surface area contributed by atoms with Gasteiger partial charge in [0.05, 0.1) is 5.69 Å². The summed E-state index contributed by atoms with van der Waals surface area (Å²) in [7, 11) is 0. The fraction of sp³-hybridized carbons (Fsp3) is 0.571. The van der Waals surface area contributed by atoms with Crippen LogP contribution in [0, 0.1) is 0 Å². The van der Waals surface area contributed by atoms with Crippen molar-refractivity contribution in [3.05, 3.63) is 23.8 Å². The highest BCUT2D eigenvalue weighted by Crippen LogP contribution is 2.34. The lowest BCUT2D eigenvalue weighted by Crippen LogP contribution is -2.51. The molecule has 0 saturated carbocycles. The van der Waals surface area contributed by atoms with Crippen LogP contribution in [0.1, 0.15) is 49.9 Å². The lowest BCUT2D eigenvalue weighted by Gasteiger charge is -2.33. The molecule has 2 heterocycles. The van der Waals surface area contributed by atoms with Gasteiger partial charge < -0.3 is 15.0 Å². The minimum absolute atomic E-state index is 0.101. The zero-order chi connectivity index (χ0) is 20.1. The number of rotatable bonds is 8. The number of ether oxygens (including phenoxy) is 1. The molecule has 1 fully saturated rings. The SMILES string of the molecule is CC(=O)c1ccc2c(c1)N(C(C)C(=O)NCCCCN1CCCC1)C(=O)CO2. The summed E-state index contributed by atoms with van der Waals surface area (Å²) < 4.78 is 5.45. The van der Waals surface area contributed by atoms with E-state index in [9.17, 15) is 14.4 Å². The summed E-state index contributed by atoms with van der Waals surface area (Å²) in [5.41, 5.74) is 0.956. The van der Waals surface area contributed by atoms with E-state index < -0.39 is 6.04 Å². The predicted octanol–water partition coefficient (Wildman–Crippen LogP) is 2.00. The molecule has 3 rings (SSSR count). The number of Topliss-reactive ketones (excluding diaryl/α,β-unsaturated/α-hetero) is 1. The lowest BCUT2D eigenvalue weighted by atomic mass is 10.1. The Labute approximate surface area is 166 Å². The number of fused-ring (bicyclic) bond motifs is 1. The maximum atomic E-state index is 12.6. The highest BCUT2D eigenvalue weighted by molar-refractivity contribution is 6.05. The van der Waals surface area contributed by atoms with Crippen molar-refractivity contribution >= 4 is 23.3 Å². The lowest BCUT2D eigenvalue weighted by molar-refractivity contribution is -0.127. The first kappa shape index (κ1) is 20.3. The average Bonchev–Trinajstić information content (AvgIpc) is 3.20. The van der Waals surface area contributed by atoms with Gasteiger partial charge in [0.1, 0.15) is 11.8 Å². The van der Waals surface area contributed by atoms with Gasteiger partial charge in [0.2, 0.25) is 5.91 Å². The van der Waals surface area contributed by atoms with Gasteiger partial charge in [-0.15, -0.1) is 0 Å². The van der Waals surface area contributed by atoms with E-state index in [1.807, 2.05) is 0 Å². The van der Waals surface area contributed by atoms with Gasteiger partial charge in [-0.1, -0.05) is 0 Å². The van der Waals surface area contributed by atoms with Crippen LogP contribution in [0.25, 0.3) is 0 Å². The summed E-state index contributed by atoms with van der Waals surface area (Å²) >= 11 is 0. The van der Waals surface area contributed by atoms with Crippen molar-refractivity contribution in [2.75, 3.05) is 37.7 Å². The van der Waals surface area contributed by atoms with Crippen LogP contribution in [-0.4, -0.2) is 61.3 Å². The van der Waals surface area contributed by atoms with Gasteiger partial charge in [0.25, 0.3) is 5.91 Å². The molecule has 0 bridgehead atoms. The fourth-order valence-electron chi connectivity index (χ4n) is 3.76. The number of amides is 2. The van der Waals surface area contributed by atoms with Crippen LogP contribution in [-0.2, 0) is 9.59 Å². The van der Waals surface area contributed by atoms with E-state index in [0.29, 0.717) is 23.5 Å². The summed E-state index contributed by atoms with van der Waals surface area (Å²) in [6.07, 6.45) is 4.54. The molecule has 0 spiro atoms. The number of carbonyl (C=O) groups is 3. The number of hydrogen-bond donors (Lipinski definition) is 1. The van der Waals surface area contributed by atoms with E-state index in [1.165, 1.54) is 37.8 Å². The highest BCUT2D eigenvalue weighted by atomic mass is 16.5. The molecule has 1 saturated heterocycles. The average molecular weight is 387 g/mol. The minimum Gasteiger partial charge on any atom is -0.482 e. The molecule has 0 aliphatic carbocycles. The van der Waals surface area contributed by atoms with Crippen LogP contribution in [0.4, 0.5) is 5.69 Å². The molecule has 1 unspecified atom stereocenters. The maximum Gasteiger partial charge on any atom is 0.265 e. The Morgan fingerprint density at radius 2 is 1.96 bits per heavy atom. The number of likely N-dealkylation sites (tertiary alicyclic amines) is 1. The first-order valence-electron chi connectivity index (χ1n) is 10.1.